The SMILES string of the molecule is CCOC(=O)C[C@H](O)CO[Si](C)(C)C(C)(C)C. The topological polar surface area (TPSA) is 55.8 Å². The zero-order valence-corrected chi connectivity index (χ0v) is 12.9. The first-order chi connectivity index (χ1) is 7.60. The van der Waals surface area contributed by atoms with Crippen LogP contribution < -0.4 is 0 Å². The van der Waals surface area contributed by atoms with E-state index in [1.54, 1.807) is 6.92 Å². The third kappa shape index (κ3) is 6.19. The van der Waals surface area contributed by atoms with Gasteiger partial charge in [0.15, 0.2) is 8.32 Å². The number of carbonyl (C=O) groups excluding carboxylic acids is 1. The second-order valence-corrected chi connectivity index (χ2v) is 10.5. The highest BCUT2D eigenvalue weighted by molar-refractivity contribution is 6.74. The van der Waals surface area contributed by atoms with E-state index in [2.05, 4.69) is 33.9 Å². The number of hydrogen-bond acceptors (Lipinski definition) is 4. The molecule has 0 aliphatic rings. The largest absolute Gasteiger partial charge is 0.466 e. The van der Waals surface area contributed by atoms with Gasteiger partial charge in [0.25, 0.3) is 0 Å². The quantitative estimate of drug-likeness (QED) is 0.589. The summed E-state index contributed by atoms with van der Waals surface area (Å²) in [6.07, 6.45) is -0.772. The Balaban J connectivity index is 4.08. The van der Waals surface area contributed by atoms with E-state index < -0.39 is 14.4 Å². The Morgan fingerprint density at radius 1 is 1.35 bits per heavy atom. The zero-order valence-electron chi connectivity index (χ0n) is 11.9. The highest BCUT2D eigenvalue weighted by atomic mass is 28.4. The average molecular weight is 262 g/mol. The Labute approximate surface area is 105 Å². The standard InChI is InChI=1S/C12H26O4Si/c1-7-15-11(14)8-10(13)9-16-17(5,6)12(2,3)4/h10,13H,7-9H2,1-6H3/t10-/m0/s1. The summed E-state index contributed by atoms with van der Waals surface area (Å²) in [6, 6.07) is 0. The van der Waals surface area contributed by atoms with Crippen molar-refractivity contribution in [2.75, 3.05) is 13.2 Å². The van der Waals surface area contributed by atoms with Crippen molar-refractivity contribution in [2.24, 2.45) is 0 Å². The molecule has 0 aromatic carbocycles. The molecule has 0 radical (unpaired) electrons. The molecule has 0 fully saturated rings. The van der Waals surface area contributed by atoms with Crippen LogP contribution in [-0.2, 0) is 14.0 Å². The fourth-order valence-corrected chi connectivity index (χ4v) is 2.03. The molecule has 4 nitrogen and oxygen atoms in total. The van der Waals surface area contributed by atoms with Gasteiger partial charge in [-0.15, -0.1) is 0 Å². The number of aliphatic hydroxyl groups is 1. The van der Waals surface area contributed by atoms with E-state index in [4.69, 9.17) is 9.16 Å². The van der Waals surface area contributed by atoms with Gasteiger partial charge in [-0.05, 0) is 25.1 Å². The van der Waals surface area contributed by atoms with E-state index in [-0.39, 0.29) is 24.0 Å². The van der Waals surface area contributed by atoms with Gasteiger partial charge >= 0.3 is 5.97 Å². The zero-order chi connectivity index (χ0) is 13.7. The Kier molecular flexibility index (Phi) is 6.36. The Morgan fingerprint density at radius 3 is 2.29 bits per heavy atom. The maximum atomic E-state index is 11.1. The summed E-state index contributed by atoms with van der Waals surface area (Å²) in [5, 5.41) is 9.78. The summed E-state index contributed by atoms with van der Waals surface area (Å²) in [5.74, 6) is -0.376. The van der Waals surface area contributed by atoms with Gasteiger partial charge in [0.1, 0.15) is 0 Å². The summed E-state index contributed by atoms with van der Waals surface area (Å²) in [7, 11) is -1.85. The van der Waals surface area contributed by atoms with Crippen LogP contribution in [-0.4, -0.2) is 38.7 Å². The minimum atomic E-state index is -1.85. The molecule has 0 spiro atoms. The van der Waals surface area contributed by atoms with Crippen molar-refractivity contribution in [2.45, 2.75) is 58.4 Å². The molecule has 0 aliphatic carbocycles. The second-order valence-electron chi connectivity index (χ2n) is 5.73. The van der Waals surface area contributed by atoms with E-state index in [1.807, 2.05) is 0 Å². The minimum absolute atomic E-state index is 0.00244. The highest BCUT2D eigenvalue weighted by Gasteiger charge is 2.37. The highest BCUT2D eigenvalue weighted by Crippen LogP contribution is 2.36. The maximum absolute atomic E-state index is 11.1. The molecule has 0 unspecified atom stereocenters. The fourth-order valence-electron chi connectivity index (χ4n) is 0.992. The van der Waals surface area contributed by atoms with E-state index in [0.717, 1.165) is 0 Å². The number of ether oxygens (including phenoxy) is 1. The number of aliphatic hydroxyl groups excluding tert-OH is 1. The molecule has 0 aromatic rings. The van der Waals surface area contributed by atoms with Gasteiger partial charge in [-0.1, -0.05) is 20.8 Å². The molecular weight excluding hydrogens is 236 g/mol. The number of carbonyl (C=O) groups is 1. The summed E-state index contributed by atoms with van der Waals surface area (Å²) in [6.45, 7) is 12.9. The lowest BCUT2D eigenvalue weighted by Gasteiger charge is -2.36. The number of rotatable bonds is 6. The molecule has 0 heterocycles. The van der Waals surface area contributed by atoms with Gasteiger partial charge in [-0.2, -0.15) is 0 Å². The monoisotopic (exact) mass is 262 g/mol. The molecule has 102 valence electrons. The lowest BCUT2D eigenvalue weighted by molar-refractivity contribution is -0.145. The minimum Gasteiger partial charge on any atom is -0.466 e. The molecule has 0 amide bonds. The summed E-state index contributed by atoms with van der Waals surface area (Å²) in [4.78, 5) is 11.1. The molecule has 17 heavy (non-hydrogen) atoms. The molecule has 0 saturated carbocycles. The van der Waals surface area contributed by atoms with Crippen molar-refractivity contribution in [3.05, 3.63) is 0 Å². The molecule has 0 saturated heterocycles. The summed E-state index contributed by atoms with van der Waals surface area (Å²) < 4.78 is 10.6. The molecule has 5 heteroatoms. The van der Waals surface area contributed by atoms with Crippen molar-refractivity contribution >= 4 is 14.3 Å². The summed E-state index contributed by atoms with van der Waals surface area (Å²) in [5.41, 5.74) is 0. The Morgan fingerprint density at radius 2 is 1.88 bits per heavy atom. The summed E-state index contributed by atoms with van der Waals surface area (Å²) >= 11 is 0. The van der Waals surface area contributed by atoms with Gasteiger partial charge < -0.3 is 14.3 Å². The van der Waals surface area contributed by atoms with Crippen LogP contribution in [0.3, 0.4) is 0 Å². The van der Waals surface area contributed by atoms with E-state index >= 15 is 0 Å². The van der Waals surface area contributed by atoms with Crippen molar-refractivity contribution in [3.63, 3.8) is 0 Å². The van der Waals surface area contributed by atoms with Crippen LogP contribution in [0, 0.1) is 0 Å². The molecule has 0 aliphatic heterocycles. The first-order valence-corrected chi connectivity index (χ1v) is 8.98. The van der Waals surface area contributed by atoms with E-state index in [1.165, 1.54) is 0 Å². The molecular formula is C12H26O4Si. The normalized spacial score (nSPS) is 14.5. The first kappa shape index (κ1) is 16.6. The Bertz CT molecular complexity index is 245. The van der Waals surface area contributed by atoms with Crippen LogP contribution in [0.5, 0.6) is 0 Å². The van der Waals surface area contributed by atoms with Crippen LogP contribution in [0.4, 0.5) is 0 Å². The van der Waals surface area contributed by atoms with Gasteiger partial charge in [0, 0.05) is 0 Å². The van der Waals surface area contributed by atoms with Crippen LogP contribution in [0.2, 0.25) is 18.1 Å². The lowest BCUT2D eigenvalue weighted by atomic mass is 10.2. The second kappa shape index (κ2) is 6.52. The van der Waals surface area contributed by atoms with Gasteiger partial charge in [-0.25, -0.2) is 0 Å². The van der Waals surface area contributed by atoms with Crippen molar-refractivity contribution < 1.29 is 19.1 Å². The maximum Gasteiger partial charge on any atom is 0.308 e. The van der Waals surface area contributed by atoms with Crippen LogP contribution >= 0.6 is 0 Å². The first-order valence-electron chi connectivity index (χ1n) is 6.08. The molecule has 0 rings (SSSR count). The lowest BCUT2D eigenvalue weighted by Crippen LogP contribution is -2.42. The van der Waals surface area contributed by atoms with E-state index in [0.29, 0.717) is 6.61 Å². The van der Waals surface area contributed by atoms with Gasteiger partial charge in [0.05, 0.1) is 25.7 Å². The van der Waals surface area contributed by atoms with Gasteiger partial charge in [0.2, 0.25) is 0 Å². The predicted molar refractivity (Wildman–Crippen MR) is 70.4 cm³/mol. The predicted octanol–water partition coefficient (Wildman–Crippen LogP) is 2.32. The Hall–Kier alpha value is -0.393. The smallest absolute Gasteiger partial charge is 0.308 e. The van der Waals surface area contributed by atoms with Crippen LogP contribution in [0.25, 0.3) is 0 Å². The third-order valence-corrected chi connectivity index (χ3v) is 7.65. The molecule has 1 N–H and O–H groups in total. The van der Waals surface area contributed by atoms with Crippen molar-refractivity contribution in [3.8, 4) is 0 Å². The molecule has 0 bridgehead atoms. The number of esters is 1. The van der Waals surface area contributed by atoms with Crippen molar-refractivity contribution in [1.29, 1.82) is 0 Å². The van der Waals surface area contributed by atoms with Crippen LogP contribution in [0.1, 0.15) is 34.1 Å². The van der Waals surface area contributed by atoms with Crippen molar-refractivity contribution in [1.82, 2.24) is 0 Å². The van der Waals surface area contributed by atoms with E-state index in [9.17, 15) is 9.90 Å². The fraction of sp³-hybridized carbons (Fsp3) is 0.917. The molecule has 1 atom stereocenters. The third-order valence-electron chi connectivity index (χ3n) is 3.15. The average Bonchev–Trinajstić information content (AvgIpc) is 2.13. The molecule has 0 aromatic heterocycles. The number of hydrogen-bond donors (Lipinski definition) is 1. The van der Waals surface area contributed by atoms with Gasteiger partial charge in [-0.3, -0.25) is 4.79 Å². The van der Waals surface area contributed by atoms with Crippen LogP contribution in [0.15, 0.2) is 0 Å².